The maximum atomic E-state index is 5.20. The molecule has 0 unspecified atom stereocenters. The number of piperidine rings is 1. The van der Waals surface area contributed by atoms with Gasteiger partial charge >= 0.3 is 0 Å². The van der Waals surface area contributed by atoms with Gasteiger partial charge < -0.3 is 10.1 Å². The highest BCUT2D eigenvalue weighted by Crippen LogP contribution is 2.21. The Bertz CT molecular complexity index is 386. The summed E-state index contributed by atoms with van der Waals surface area (Å²) in [5, 5.41) is 3.26. The van der Waals surface area contributed by atoms with Crippen molar-refractivity contribution in [1.82, 2.24) is 10.2 Å². The van der Waals surface area contributed by atoms with Gasteiger partial charge in [-0.1, -0.05) is 24.3 Å². The largest absolute Gasteiger partial charge is 0.380 e. The Morgan fingerprint density at radius 3 is 2.70 bits per heavy atom. The molecule has 0 amide bonds. The Hall–Kier alpha value is -0.900. The SMILES string of the molecule is CNCCC1CCN(Cc2cccc(COC)c2)CC1. The van der Waals surface area contributed by atoms with Gasteiger partial charge in [-0.25, -0.2) is 0 Å². The van der Waals surface area contributed by atoms with Crippen molar-refractivity contribution in [1.29, 1.82) is 0 Å². The summed E-state index contributed by atoms with van der Waals surface area (Å²) in [7, 11) is 3.80. The molecular formula is C17H28N2O. The third-order valence-corrected chi connectivity index (χ3v) is 4.22. The molecule has 0 atom stereocenters. The van der Waals surface area contributed by atoms with Crippen LogP contribution in [-0.4, -0.2) is 38.7 Å². The molecule has 0 radical (unpaired) electrons. The van der Waals surface area contributed by atoms with E-state index in [1.807, 2.05) is 7.05 Å². The summed E-state index contributed by atoms with van der Waals surface area (Å²) in [6.45, 7) is 5.42. The third kappa shape index (κ3) is 4.89. The van der Waals surface area contributed by atoms with E-state index in [9.17, 15) is 0 Å². The molecule has 1 N–H and O–H groups in total. The van der Waals surface area contributed by atoms with Gasteiger partial charge in [-0.3, -0.25) is 4.90 Å². The van der Waals surface area contributed by atoms with Crippen molar-refractivity contribution in [2.45, 2.75) is 32.4 Å². The first kappa shape index (κ1) is 15.5. The van der Waals surface area contributed by atoms with Crippen LogP contribution >= 0.6 is 0 Å². The molecule has 2 rings (SSSR count). The first-order valence-corrected chi connectivity index (χ1v) is 7.75. The minimum absolute atomic E-state index is 0.708. The second kappa shape index (κ2) is 8.40. The molecule has 1 aromatic carbocycles. The van der Waals surface area contributed by atoms with E-state index in [2.05, 4.69) is 34.5 Å². The Kier molecular flexibility index (Phi) is 6.51. The third-order valence-electron chi connectivity index (χ3n) is 4.22. The van der Waals surface area contributed by atoms with Gasteiger partial charge in [-0.05, 0) is 63.0 Å². The van der Waals surface area contributed by atoms with Gasteiger partial charge in [-0.2, -0.15) is 0 Å². The number of methoxy groups -OCH3 is 1. The Morgan fingerprint density at radius 2 is 2.00 bits per heavy atom. The van der Waals surface area contributed by atoms with Gasteiger partial charge in [0.1, 0.15) is 0 Å². The number of rotatable bonds is 7. The fourth-order valence-electron chi connectivity index (χ4n) is 3.02. The van der Waals surface area contributed by atoms with Gasteiger partial charge in [0.15, 0.2) is 0 Å². The molecule has 1 aliphatic rings. The zero-order chi connectivity index (χ0) is 14.2. The maximum absolute atomic E-state index is 5.20. The van der Waals surface area contributed by atoms with Crippen LogP contribution in [-0.2, 0) is 17.9 Å². The highest BCUT2D eigenvalue weighted by Gasteiger charge is 2.18. The summed E-state index contributed by atoms with van der Waals surface area (Å²) in [5.74, 6) is 0.915. The van der Waals surface area contributed by atoms with Crippen LogP contribution < -0.4 is 5.32 Å². The van der Waals surface area contributed by atoms with Crippen LogP contribution in [0.15, 0.2) is 24.3 Å². The molecule has 0 bridgehead atoms. The maximum Gasteiger partial charge on any atom is 0.0713 e. The molecule has 0 aliphatic carbocycles. The van der Waals surface area contributed by atoms with Crippen molar-refractivity contribution in [2.75, 3.05) is 33.8 Å². The van der Waals surface area contributed by atoms with E-state index in [-0.39, 0.29) is 0 Å². The van der Waals surface area contributed by atoms with Gasteiger partial charge in [0.2, 0.25) is 0 Å². The number of ether oxygens (including phenoxy) is 1. The molecule has 3 nitrogen and oxygen atoms in total. The number of likely N-dealkylation sites (tertiary alicyclic amines) is 1. The molecule has 1 heterocycles. The Labute approximate surface area is 123 Å². The summed E-state index contributed by atoms with van der Waals surface area (Å²) >= 11 is 0. The fraction of sp³-hybridized carbons (Fsp3) is 0.647. The van der Waals surface area contributed by atoms with Gasteiger partial charge in [0, 0.05) is 13.7 Å². The van der Waals surface area contributed by atoms with Crippen molar-refractivity contribution in [3.8, 4) is 0 Å². The van der Waals surface area contributed by atoms with Crippen LogP contribution in [0.25, 0.3) is 0 Å². The second-order valence-corrected chi connectivity index (χ2v) is 5.86. The zero-order valence-corrected chi connectivity index (χ0v) is 12.9. The van der Waals surface area contributed by atoms with Gasteiger partial charge in [-0.15, -0.1) is 0 Å². The van der Waals surface area contributed by atoms with Crippen LogP contribution in [0.3, 0.4) is 0 Å². The predicted molar refractivity (Wildman–Crippen MR) is 83.7 cm³/mol. The second-order valence-electron chi connectivity index (χ2n) is 5.86. The Balaban J connectivity index is 1.78. The molecule has 3 heteroatoms. The molecule has 1 saturated heterocycles. The average Bonchev–Trinajstić information content (AvgIpc) is 2.47. The number of nitrogens with zero attached hydrogens (tertiary/aromatic N) is 1. The lowest BCUT2D eigenvalue weighted by atomic mass is 9.93. The van der Waals surface area contributed by atoms with Crippen molar-refractivity contribution in [3.63, 3.8) is 0 Å². The van der Waals surface area contributed by atoms with Gasteiger partial charge in [0.05, 0.1) is 6.61 Å². The molecule has 0 saturated carbocycles. The topological polar surface area (TPSA) is 24.5 Å². The smallest absolute Gasteiger partial charge is 0.0713 e. The number of benzene rings is 1. The summed E-state index contributed by atoms with van der Waals surface area (Å²) in [6, 6.07) is 8.78. The lowest BCUT2D eigenvalue weighted by Gasteiger charge is -2.32. The van der Waals surface area contributed by atoms with Crippen molar-refractivity contribution >= 4 is 0 Å². The fourth-order valence-corrected chi connectivity index (χ4v) is 3.02. The quantitative estimate of drug-likeness (QED) is 0.828. The van der Waals surface area contributed by atoms with E-state index in [4.69, 9.17) is 4.74 Å². The molecule has 1 aliphatic heterocycles. The molecule has 1 aromatic rings. The van der Waals surface area contributed by atoms with Crippen LogP contribution in [0.5, 0.6) is 0 Å². The standard InChI is InChI=1S/C17H28N2O/c1-18-9-6-15-7-10-19(11-8-15)13-16-4-3-5-17(12-16)14-20-2/h3-5,12,15,18H,6-11,13-14H2,1-2H3. The van der Waals surface area contributed by atoms with E-state index >= 15 is 0 Å². The first-order chi connectivity index (χ1) is 9.81. The lowest BCUT2D eigenvalue weighted by molar-refractivity contribution is 0.171. The number of nitrogens with one attached hydrogen (secondary N) is 1. The predicted octanol–water partition coefficient (Wildman–Crippen LogP) is 2.65. The molecule has 112 valence electrons. The molecular weight excluding hydrogens is 248 g/mol. The molecule has 20 heavy (non-hydrogen) atoms. The monoisotopic (exact) mass is 276 g/mol. The number of hydrogen-bond acceptors (Lipinski definition) is 3. The Morgan fingerprint density at radius 1 is 1.25 bits per heavy atom. The van der Waals surface area contributed by atoms with E-state index in [1.54, 1.807) is 7.11 Å². The summed E-state index contributed by atoms with van der Waals surface area (Å²) < 4.78 is 5.20. The molecule has 0 spiro atoms. The molecule has 0 aromatic heterocycles. The van der Waals surface area contributed by atoms with Crippen LogP contribution in [0.2, 0.25) is 0 Å². The highest BCUT2D eigenvalue weighted by atomic mass is 16.5. The summed E-state index contributed by atoms with van der Waals surface area (Å²) in [4.78, 5) is 2.59. The van der Waals surface area contributed by atoms with Crippen LogP contribution in [0, 0.1) is 5.92 Å². The normalized spacial score (nSPS) is 17.5. The van der Waals surface area contributed by atoms with E-state index in [0.29, 0.717) is 6.61 Å². The minimum atomic E-state index is 0.708. The van der Waals surface area contributed by atoms with E-state index < -0.39 is 0 Å². The van der Waals surface area contributed by atoms with Crippen LogP contribution in [0.1, 0.15) is 30.4 Å². The summed E-state index contributed by atoms with van der Waals surface area (Å²) in [5.41, 5.74) is 2.68. The zero-order valence-electron chi connectivity index (χ0n) is 12.9. The van der Waals surface area contributed by atoms with Crippen LogP contribution in [0.4, 0.5) is 0 Å². The van der Waals surface area contributed by atoms with Crippen molar-refractivity contribution in [2.24, 2.45) is 5.92 Å². The number of hydrogen-bond donors (Lipinski definition) is 1. The van der Waals surface area contributed by atoms with Crippen molar-refractivity contribution < 1.29 is 4.74 Å². The van der Waals surface area contributed by atoms with Gasteiger partial charge in [0.25, 0.3) is 0 Å². The first-order valence-electron chi connectivity index (χ1n) is 7.75. The van der Waals surface area contributed by atoms with Crippen molar-refractivity contribution in [3.05, 3.63) is 35.4 Å². The summed E-state index contributed by atoms with van der Waals surface area (Å²) in [6.07, 6.45) is 4.02. The van der Waals surface area contributed by atoms with E-state index in [0.717, 1.165) is 19.0 Å². The average molecular weight is 276 g/mol. The van der Waals surface area contributed by atoms with E-state index in [1.165, 1.54) is 43.5 Å². The highest BCUT2D eigenvalue weighted by molar-refractivity contribution is 5.23. The molecule has 1 fully saturated rings. The lowest BCUT2D eigenvalue weighted by Crippen LogP contribution is -2.34. The minimum Gasteiger partial charge on any atom is -0.380 e.